The molecule has 0 aromatic heterocycles. The molecule has 1 aliphatic carbocycles. The molecule has 0 bridgehead atoms. The third-order valence-electron chi connectivity index (χ3n) is 5.96. The van der Waals surface area contributed by atoms with Crippen LogP contribution >= 0.6 is 0 Å². The van der Waals surface area contributed by atoms with Crippen LogP contribution in [-0.2, 0) is 0 Å². The van der Waals surface area contributed by atoms with Gasteiger partial charge < -0.3 is 4.90 Å². The highest BCUT2D eigenvalue weighted by molar-refractivity contribution is 4.70. The zero-order chi connectivity index (χ0) is 16.8. The molecule has 0 saturated heterocycles. The predicted octanol–water partition coefficient (Wildman–Crippen LogP) is 7.06. The fourth-order valence-corrected chi connectivity index (χ4v) is 4.25. The molecule has 2 atom stereocenters. The van der Waals surface area contributed by atoms with Crippen LogP contribution in [-0.4, -0.2) is 24.5 Å². The topological polar surface area (TPSA) is 3.24 Å². The lowest BCUT2D eigenvalue weighted by atomic mass is 9.81. The van der Waals surface area contributed by atoms with Gasteiger partial charge in [0, 0.05) is 0 Å². The third-order valence-corrected chi connectivity index (χ3v) is 5.96. The first-order chi connectivity index (χ1) is 11.3. The molecular formula is C22H45N. The second kappa shape index (κ2) is 14.3. The third kappa shape index (κ3) is 10.4. The van der Waals surface area contributed by atoms with E-state index in [-0.39, 0.29) is 0 Å². The van der Waals surface area contributed by atoms with Crippen molar-refractivity contribution >= 4 is 0 Å². The molecule has 0 radical (unpaired) electrons. The average molecular weight is 324 g/mol. The van der Waals surface area contributed by atoms with Crippen LogP contribution in [0.4, 0.5) is 0 Å². The van der Waals surface area contributed by atoms with E-state index in [1.165, 1.54) is 110 Å². The standard InChI is InChI=1S/C22H45N/c1-4-7-17-23(18-8-5-2)19-13-12-16-22-15-11-9-10-14-21(6-3)20-22/h21-22H,4-20H2,1-3H3. The Bertz CT molecular complexity index is 242. The van der Waals surface area contributed by atoms with Crippen LogP contribution < -0.4 is 0 Å². The molecule has 0 aromatic carbocycles. The molecule has 0 spiro atoms. The van der Waals surface area contributed by atoms with Crippen molar-refractivity contribution in [3.05, 3.63) is 0 Å². The Balaban J connectivity index is 2.21. The van der Waals surface area contributed by atoms with Crippen LogP contribution in [0.1, 0.15) is 111 Å². The maximum absolute atomic E-state index is 2.74. The minimum atomic E-state index is 1.03. The van der Waals surface area contributed by atoms with Gasteiger partial charge in [0.05, 0.1) is 0 Å². The lowest BCUT2D eigenvalue weighted by molar-refractivity contribution is 0.244. The van der Waals surface area contributed by atoms with Gasteiger partial charge in [-0.15, -0.1) is 0 Å². The van der Waals surface area contributed by atoms with E-state index in [1.807, 2.05) is 0 Å². The summed E-state index contributed by atoms with van der Waals surface area (Å²) >= 11 is 0. The summed E-state index contributed by atoms with van der Waals surface area (Å²) in [6.45, 7) is 11.1. The van der Waals surface area contributed by atoms with Crippen molar-refractivity contribution in [2.24, 2.45) is 11.8 Å². The molecule has 1 rings (SSSR count). The Hall–Kier alpha value is -0.0400. The molecule has 0 heterocycles. The van der Waals surface area contributed by atoms with Crippen molar-refractivity contribution in [2.75, 3.05) is 19.6 Å². The van der Waals surface area contributed by atoms with Gasteiger partial charge in [0.2, 0.25) is 0 Å². The van der Waals surface area contributed by atoms with E-state index in [1.54, 1.807) is 0 Å². The Morgan fingerprint density at radius 1 is 0.696 bits per heavy atom. The molecule has 1 saturated carbocycles. The molecule has 1 aliphatic rings. The summed E-state index contributed by atoms with van der Waals surface area (Å²) in [7, 11) is 0. The Morgan fingerprint density at radius 3 is 1.91 bits per heavy atom. The van der Waals surface area contributed by atoms with Crippen molar-refractivity contribution in [3.8, 4) is 0 Å². The Morgan fingerprint density at radius 2 is 1.30 bits per heavy atom. The number of rotatable bonds is 12. The molecule has 0 N–H and O–H groups in total. The summed E-state index contributed by atoms with van der Waals surface area (Å²) in [6, 6.07) is 0. The number of unbranched alkanes of at least 4 members (excludes halogenated alkanes) is 3. The maximum Gasteiger partial charge on any atom is -0.00187 e. The summed E-state index contributed by atoms with van der Waals surface area (Å²) in [5, 5.41) is 0. The van der Waals surface area contributed by atoms with Crippen molar-refractivity contribution in [1.82, 2.24) is 4.90 Å². The van der Waals surface area contributed by atoms with E-state index < -0.39 is 0 Å². The number of nitrogens with zero attached hydrogens (tertiary/aromatic N) is 1. The second-order valence-corrected chi connectivity index (χ2v) is 8.06. The summed E-state index contributed by atoms with van der Waals surface area (Å²) in [4.78, 5) is 2.74. The monoisotopic (exact) mass is 323 g/mol. The van der Waals surface area contributed by atoms with Gasteiger partial charge in [-0.1, -0.05) is 85.0 Å². The van der Waals surface area contributed by atoms with Gasteiger partial charge >= 0.3 is 0 Å². The highest BCUT2D eigenvalue weighted by Crippen LogP contribution is 2.31. The molecule has 2 unspecified atom stereocenters. The van der Waals surface area contributed by atoms with Gasteiger partial charge in [0.1, 0.15) is 0 Å². The van der Waals surface area contributed by atoms with Crippen LogP contribution in [0.15, 0.2) is 0 Å². The van der Waals surface area contributed by atoms with E-state index in [0.717, 1.165) is 11.8 Å². The molecule has 1 fully saturated rings. The minimum Gasteiger partial charge on any atom is -0.303 e. The summed E-state index contributed by atoms with van der Waals surface area (Å²) in [5.74, 6) is 2.07. The molecular weight excluding hydrogens is 278 g/mol. The predicted molar refractivity (Wildman–Crippen MR) is 105 cm³/mol. The largest absolute Gasteiger partial charge is 0.303 e. The van der Waals surface area contributed by atoms with Crippen LogP contribution in [0.3, 0.4) is 0 Å². The van der Waals surface area contributed by atoms with Crippen LogP contribution in [0.2, 0.25) is 0 Å². The number of hydrogen-bond acceptors (Lipinski definition) is 1. The van der Waals surface area contributed by atoms with Crippen LogP contribution in [0, 0.1) is 11.8 Å². The van der Waals surface area contributed by atoms with E-state index >= 15 is 0 Å². The second-order valence-electron chi connectivity index (χ2n) is 8.06. The zero-order valence-electron chi connectivity index (χ0n) is 16.6. The first kappa shape index (κ1) is 21.0. The van der Waals surface area contributed by atoms with Gasteiger partial charge in [0.15, 0.2) is 0 Å². The van der Waals surface area contributed by atoms with E-state index in [0.29, 0.717) is 0 Å². The van der Waals surface area contributed by atoms with Crippen molar-refractivity contribution in [2.45, 2.75) is 111 Å². The minimum absolute atomic E-state index is 1.03. The summed E-state index contributed by atoms with van der Waals surface area (Å²) in [6.07, 6.45) is 20.3. The van der Waals surface area contributed by atoms with Gasteiger partial charge in [-0.3, -0.25) is 0 Å². The lowest BCUT2D eigenvalue weighted by Gasteiger charge is -2.26. The molecule has 0 aromatic rings. The van der Waals surface area contributed by atoms with Crippen molar-refractivity contribution in [3.63, 3.8) is 0 Å². The molecule has 138 valence electrons. The van der Waals surface area contributed by atoms with E-state index in [4.69, 9.17) is 0 Å². The highest BCUT2D eigenvalue weighted by atomic mass is 15.1. The smallest absolute Gasteiger partial charge is 0.00187 e. The summed E-state index contributed by atoms with van der Waals surface area (Å²) < 4.78 is 0. The van der Waals surface area contributed by atoms with Gasteiger partial charge in [-0.2, -0.15) is 0 Å². The fraction of sp³-hybridized carbons (Fsp3) is 1.00. The SMILES string of the molecule is CCCCN(CCCC)CCCCC1CCCCCC(CC)C1. The quantitative estimate of drug-likeness (QED) is 0.348. The maximum atomic E-state index is 2.74. The average Bonchev–Trinajstić information content (AvgIpc) is 2.54. The normalized spacial score (nSPS) is 23.0. The first-order valence-electron chi connectivity index (χ1n) is 11.0. The first-order valence-corrected chi connectivity index (χ1v) is 11.0. The zero-order valence-corrected chi connectivity index (χ0v) is 16.6. The Labute approximate surface area is 147 Å². The Kier molecular flexibility index (Phi) is 13.1. The van der Waals surface area contributed by atoms with Crippen LogP contribution in [0.25, 0.3) is 0 Å². The lowest BCUT2D eigenvalue weighted by Crippen LogP contribution is -2.27. The van der Waals surface area contributed by atoms with E-state index in [9.17, 15) is 0 Å². The fourth-order valence-electron chi connectivity index (χ4n) is 4.25. The van der Waals surface area contributed by atoms with Crippen molar-refractivity contribution in [1.29, 1.82) is 0 Å². The molecule has 23 heavy (non-hydrogen) atoms. The summed E-state index contributed by atoms with van der Waals surface area (Å²) in [5.41, 5.74) is 0. The van der Waals surface area contributed by atoms with Crippen LogP contribution in [0.5, 0.6) is 0 Å². The van der Waals surface area contributed by atoms with Gasteiger partial charge in [-0.25, -0.2) is 0 Å². The van der Waals surface area contributed by atoms with Gasteiger partial charge in [-0.05, 0) is 57.2 Å². The number of hydrogen-bond donors (Lipinski definition) is 0. The molecule has 1 nitrogen and oxygen atoms in total. The molecule has 0 amide bonds. The van der Waals surface area contributed by atoms with Crippen molar-refractivity contribution < 1.29 is 0 Å². The molecule has 1 heteroatoms. The van der Waals surface area contributed by atoms with E-state index in [2.05, 4.69) is 25.7 Å². The highest BCUT2D eigenvalue weighted by Gasteiger charge is 2.17. The van der Waals surface area contributed by atoms with Gasteiger partial charge in [0.25, 0.3) is 0 Å². The molecule has 0 aliphatic heterocycles.